The zero-order valence-electron chi connectivity index (χ0n) is 10.6. The van der Waals surface area contributed by atoms with Gasteiger partial charge in [-0.1, -0.05) is 30.9 Å². The predicted octanol–water partition coefficient (Wildman–Crippen LogP) is 3.79. The summed E-state index contributed by atoms with van der Waals surface area (Å²) < 4.78 is 37.5. The maximum atomic E-state index is 12.5. The molecule has 1 atom stereocenters. The van der Waals surface area contributed by atoms with E-state index in [1.807, 2.05) is 0 Å². The van der Waals surface area contributed by atoms with E-state index < -0.39 is 17.8 Å². The molecule has 20 heavy (non-hydrogen) atoms. The Morgan fingerprint density at radius 2 is 1.80 bits per heavy atom. The van der Waals surface area contributed by atoms with Crippen molar-refractivity contribution >= 4 is 6.08 Å². The van der Waals surface area contributed by atoms with E-state index in [9.17, 15) is 13.2 Å². The lowest BCUT2D eigenvalue weighted by atomic mass is 9.99. The molecule has 1 aromatic carbocycles. The summed E-state index contributed by atoms with van der Waals surface area (Å²) in [7, 11) is 0. The number of aromatic nitrogens is 1. The second kappa shape index (κ2) is 5.46. The van der Waals surface area contributed by atoms with Gasteiger partial charge in [0.1, 0.15) is 0 Å². The van der Waals surface area contributed by atoms with Gasteiger partial charge >= 0.3 is 6.18 Å². The minimum absolute atomic E-state index is 0.569. The van der Waals surface area contributed by atoms with Crippen LogP contribution in [0.2, 0.25) is 0 Å². The fourth-order valence-corrected chi connectivity index (χ4v) is 1.90. The smallest absolute Gasteiger partial charge is 0.319 e. The highest BCUT2D eigenvalue weighted by Crippen LogP contribution is 2.30. The number of benzene rings is 1. The molecule has 0 saturated heterocycles. The normalized spacial score (nSPS) is 13.0. The molecule has 0 bridgehead atoms. The third-order valence-corrected chi connectivity index (χ3v) is 2.98. The molecule has 2 rings (SSSR count). The zero-order valence-corrected chi connectivity index (χ0v) is 10.6. The lowest BCUT2D eigenvalue weighted by molar-refractivity contribution is -0.137. The first-order chi connectivity index (χ1) is 9.43. The van der Waals surface area contributed by atoms with Crippen LogP contribution in [0.3, 0.4) is 0 Å². The SMILES string of the molecule is C=Cc1cccnc1C(N)c1ccc(C(F)(F)F)cc1. The van der Waals surface area contributed by atoms with Gasteiger partial charge in [0.25, 0.3) is 0 Å². The number of nitrogens with two attached hydrogens (primary N) is 1. The van der Waals surface area contributed by atoms with E-state index in [0.717, 1.165) is 17.7 Å². The number of halogens is 3. The summed E-state index contributed by atoms with van der Waals surface area (Å²) in [5.74, 6) is 0. The van der Waals surface area contributed by atoms with Gasteiger partial charge < -0.3 is 5.73 Å². The van der Waals surface area contributed by atoms with Crippen molar-refractivity contribution in [1.29, 1.82) is 0 Å². The largest absolute Gasteiger partial charge is 0.416 e. The average Bonchev–Trinajstić information content (AvgIpc) is 2.45. The molecule has 0 aliphatic rings. The number of nitrogens with zero attached hydrogens (tertiary/aromatic N) is 1. The van der Waals surface area contributed by atoms with E-state index in [1.54, 1.807) is 24.4 Å². The Bertz CT molecular complexity index is 603. The Morgan fingerprint density at radius 3 is 2.35 bits per heavy atom. The van der Waals surface area contributed by atoms with Crippen molar-refractivity contribution in [2.45, 2.75) is 12.2 Å². The van der Waals surface area contributed by atoms with E-state index in [-0.39, 0.29) is 0 Å². The summed E-state index contributed by atoms with van der Waals surface area (Å²) in [5.41, 5.74) is 7.28. The van der Waals surface area contributed by atoms with Crippen LogP contribution in [0.4, 0.5) is 13.2 Å². The lowest BCUT2D eigenvalue weighted by Crippen LogP contribution is -2.15. The van der Waals surface area contributed by atoms with Crippen LogP contribution in [0.25, 0.3) is 6.08 Å². The first-order valence-corrected chi connectivity index (χ1v) is 5.93. The van der Waals surface area contributed by atoms with Gasteiger partial charge in [-0.3, -0.25) is 4.98 Å². The molecule has 104 valence electrons. The van der Waals surface area contributed by atoms with Crippen molar-refractivity contribution in [3.63, 3.8) is 0 Å². The first kappa shape index (κ1) is 14.3. The molecule has 2 N–H and O–H groups in total. The molecular formula is C15H13F3N2. The van der Waals surface area contributed by atoms with Crippen LogP contribution in [0.5, 0.6) is 0 Å². The van der Waals surface area contributed by atoms with Gasteiger partial charge in [0.05, 0.1) is 17.3 Å². The van der Waals surface area contributed by atoms with Crippen LogP contribution < -0.4 is 5.73 Å². The van der Waals surface area contributed by atoms with Crippen LogP contribution in [0, 0.1) is 0 Å². The minimum atomic E-state index is -4.35. The molecule has 0 aliphatic carbocycles. The average molecular weight is 278 g/mol. The maximum absolute atomic E-state index is 12.5. The van der Waals surface area contributed by atoms with Gasteiger partial charge in [-0.15, -0.1) is 0 Å². The molecular weight excluding hydrogens is 265 g/mol. The Kier molecular flexibility index (Phi) is 3.90. The topological polar surface area (TPSA) is 38.9 Å². The van der Waals surface area contributed by atoms with Crippen molar-refractivity contribution in [1.82, 2.24) is 4.98 Å². The van der Waals surface area contributed by atoms with E-state index >= 15 is 0 Å². The van der Waals surface area contributed by atoms with E-state index in [2.05, 4.69) is 11.6 Å². The molecule has 0 aliphatic heterocycles. The molecule has 1 unspecified atom stereocenters. The number of hydrogen-bond acceptors (Lipinski definition) is 2. The van der Waals surface area contributed by atoms with Crippen LogP contribution in [0.15, 0.2) is 49.2 Å². The minimum Gasteiger partial charge on any atom is -0.319 e. The Labute approximate surface area is 114 Å². The number of hydrogen-bond donors (Lipinski definition) is 1. The second-order valence-electron chi connectivity index (χ2n) is 4.28. The fraction of sp³-hybridized carbons (Fsp3) is 0.133. The highest BCUT2D eigenvalue weighted by molar-refractivity contribution is 5.51. The van der Waals surface area contributed by atoms with Gasteiger partial charge in [-0.2, -0.15) is 13.2 Å². The molecule has 2 aromatic rings. The van der Waals surface area contributed by atoms with Gasteiger partial charge in [-0.05, 0) is 29.3 Å². The molecule has 0 spiro atoms. The number of rotatable bonds is 3. The summed E-state index contributed by atoms with van der Waals surface area (Å²) >= 11 is 0. The van der Waals surface area contributed by atoms with Crippen LogP contribution in [-0.2, 0) is 6.18 Å². The Hall–Kier alpha value is -2.14. The van der Waals surface area contributed by atoms with E-state index in [0.29, 0.717) is 11.3 Å². The monoisotopic (exact) mass is 278 g/mol. The lowest BCUT2D eigenvalue weighted by Gasteiger charge is -2.15. The second-order valence-corrected chi connectivity index (χ2v) is 4.28. The highest BCUT2D eigenvalue weighted by atomic mass is 19.4. The van der Waals surface area contributed by atoms with Gasteiger partial charge in [-0.25, -0.2) is 0 Å². The highest BCUT2D eigenvalue weighted by Gasteiger charge is 2.30. The molecule has 1 heterocycles. The molecule has 0 amide bonds. The number of alkyl halides is 3. The van der Waals surface area contributed by atoms with Crippen LogP contribution in [0.1, 0.15) is 28.4 Å². The fourth-order valence-electron chi connectivity index (χ4n) is 1.90. The van der Waals surface area contributed by atoms with Gasteiger partial charge in [0, 0.05) is 6.20 Å². The molecule has 2 nitrogen and oxygen atoms in total. The third kappa shape index (κ3) is 2.88. The molecule has 0 saturated carbocycles. The summed E-state index contributed by atoms with van der Waals surface area (Å²) in [6.07, 6.45) is -1.14. The molecule has 5 heteroatoms. The van der Waals surface area contributed by atoms with E-state index in [4.69, 9.17) is 5.73 Å². The Balaban J connectivity index is 2.34. The van der Waals surface area contributed by atoms with E-state index in [1.165, 1.54) is 12.1 Å². The molecule has 0 fully saturated rings. The van der Waals surface area contributed by atoms with Crippen molar-refractivity contribution in [3.05, 3.63) is 71.6 Å². The Morgan fingerprint density at radius 1 is 1.15 bits per heavy atom. The van der Waals surface area contributed by atoms with Gasteiger partial charge in [0.2, 0.25) is 0 Å². The van der Waals surface area contributed by atoms with Crippen molar-refractivity contribution in [2.75, 3.05) is 0 Å². The predicted molar refractivity (Wildman–Crippen MR) is 71.8 cm³/mol. The third-order valence-electron chi connectivity index (χ3n) is 2.98. The molecule has 0 radical (unpaired) electrons. The van der Waals surface area contributed by atoms with Crippen molar-refractivity contribution in [3.8, 4) is 0 Å². The number of pyridine rings is 1. The van der Waals surface area contributed by atoms with Crippen molar-refractivity contribution in [2.24, 2.45) is 5.73 Å². The van der Waals surface area contributed by atoms with Crippen LogP contribution in [-0.4, -0.2) is 4.98 Å². The first-order valence-electron chi connectivity index (χ1n) is 5.93. The summed E-state index contributed by atoms with van der Waals surface area (Å²) in [4.78, 5) is 4.18. The summed E-state index contributed by atoms with van der Waals surface area (Å²) in [6, 6.07) is 7.74. The zero-order chi connectivity index (χ0) is 14.8. The summed E-state index contributed by atoms with van der Waals surface area (Å²) in [5, 5.41) is 0. The molecule has 1 aromatic heterocycles. The maximum Gasteiger partial charge on any atom is 0.416 e. The quantitative estimate of drug-likeness (QED) is 0.927. The van der Waals surface area contributed by atoms with Crippen molar-refractivity contribution < 1.29 is 13.2 Å². The van der Waals surface area contributed by atoms with Gasteiger partial charge in [0.15, 0.2) is 0 Å². The standard InChI is InChI=1S/C15H13F3N2/c1-2-10-4-3-9-20-14(10)13(19)11-5-7-12(8-6-11)15(16,17)18/h2-9,13H,1,19H2. The van der Waals surface area contributed by atoms with Crippen LogP contribution >= 0.6 is 0 Å². The summed E-state index contributed by atoms with van der Waals surface area (Å²) in [6.45, 7) is 3.67.